The van der Waals surface area contributed by atoms with Crippen LogP contribution in [0.3, 0.4) is 0 Å². The number of hydrogen-bond donors (Lipinski definition) is 1. The van der Waals surface area contributed by atoms with E-state index in [9.17, 15) is 0 Å². The van der Waals surface area contributed by atoms with Gasteiger partial charge < -0.3 is 19.5 Å². The van der Waals surface area contributed by atoms with E-state index in [1.807, 2.05) is 30.3 Å². The molecule has 0 unspecified atom stereocenters. The van der Waals surface area contributed by atoms with E-state index in [4.69, 9.17) is 14.2 Å². The molecule has 0 spiro atoms. The van der Waals surface area contributed by atoms with E-state index in [1.165, 1.54) is 16.7 Å². The SMILES string of the molecule is Cc1cccc(COc2ccc(CNc3ccc4c(c3)OCO4)cc2)c1. The van der Waals surface area contributed by atoms with Gasteiger partial charge >= 0.3 is 0 Å². The molecule has 0 bridgehead atoms. The maximum Gasteiger partial charge on any atom is 0.231 e. The third-order valence-corrected chi connectivity index (χ3v) is 4.28. The molecule has 0 aromatic heterocycles. The Morgan fingerprint density at radius 1 is 0.885 bits per heavy atom. The molecular formula is C22H21NO3. The first-order valence-corrected chi connectivity index (χ1v) is 8.67. The molecule has 26 heavy (non-hydrogen) atoms. The number of fused-ring (bicyclic) bond motifs is 1. The molecule has 4 rings (SSSR count). The zero-order valence-electron chi connectivity index (χ0n) is 14.7. The molecule has 3 aromatic carbocycles. The summed E-state index contributed by atoms with van der Waals surface area (Å²) in [5.41, 5.74) is 4.62. The van der Waals surface area contributed by atoms with Gasteiger partial charge in [-0.15, -0.1) is 0 Å². The smallest absolute Gasteiger partial charge is 0.231 e. The first-order chi connectivity index (χ1) is 12.8. The van der Waals surface area contributed by atoms with E-state index in [1.54, 1.807) is 0 Å². The van der Waals surface area contributed by atoms with Gasteiger partial charge in [-0.2, -0.15) is 0 Å². The van der Waals surface area contributed by atoms with Crippen LogP contribution >= 0.6 is 0 Å². The van der Waals surface area contributed by atoms with Gasteiger partial charge in [0.25, 0.3) is 0 Å². The van der Waals surface area contributed by atoms with Gasteiger partial charge in [0.1, 0.15) is 12.4 Å². The van der Waals surface area contributed by atoms with Crippen LogP contribution < -0.4 is 19.5 Å². The van der Waals surface area contributed by atoms with E-state index in [0.29, 0.717) is 13.4 Å². The van der Waals surface area contributed by atoms with E-state index in [0.717, 1.165) is 29.5 Å². The second-order valence-electron chi connectivity index (χ2n) is 6.34. The van der Waals surface area contributed by atoms with Crippen molar-refractivity contribution in [2.75, 3.05) is 12.1 Å². The molecule has 1 N–H and O–H groups in total. The summed E-state index contributed by atoms with van der Waals surface area (Å²) >= 11 is 0. The molecule has 0 aliphatic carbocycles. The average Bonchev–Trinajstić information content (AvgIpc) is 3.13. The fourth-order valence-electron chi connectivity index (χ4n) is 2.88. The molecule has 0 saturated heterocycles. The molecule has 1 heterocycles. The fourth-order valence-corrected chi connectivity index (χ4v) is 2.88. The lowest BCUT2D eigenvalue weighted by molar-refractivity contribution is 0.174. The summed E-state index contributed by atoms with van der Waals surface area (Å²) in [5.74, 6) is 2.46. The summed E-state index contributed by atoms with van der Waals surface area (Å²) in [4.78, 5) is 0. The van der Waals surface area contributed by atoms with Crippen molar-refractivity contribution in [3.8, 4) is 17.2 Å². The van der Waals surface area contributed by atoms with Gasteiger partial charge in [-0.3, -0.25) is 0 Å². The molecule has 0 amide bonds. The second kappa shape index (κ2) is 7.40. The number of aryl methyl sites for hydroxylation is 1. The maximum atomic E-state index is 5.86. The topological polar surface area (TPSA) is 39.7 Å². The lowest BCUT2D eigenvalue weighted by atomic mass is 10.1. The molecule has 0 fully saturated rings. The Kier molecular flexibility index (Phi) is 4.65. The summed E-state index contributed by atoms with van der Waals surface area (Å²) in [6, 6.07) is 22.4. The van der Waals surface area contributed by atoms with Crippen molar-refractivity contribution in [1.82, 2.24) is 0 Å². The molecule has 4 heteroatoms. The molecule has 0 atom stereocenters. The predicted octanol–water partition coefficient (Wildman–Crippen LogP) is 4.91. The lowest BCUT2D eigenvalue weighted by Crippen LogP contribution is -2.00. The Morgan fingerprint density at radius 3 is 2.58 bits per heavy atom. The largest absolute Gasteiger partial charge is 0.489 e. The van der Waals surface area contributed by atoms with E-state index in [2.05, 4.69) is 48.6 Å². The van der Waals surface area contributed by atoms with Crippen molar-refractivity contribution >= 4 is 5.69 Å². The first-order valence-electron chi connectivity index (χ1n) is 8.67. The van der Waals surface area contributed by atoms with Crippen LogP contribution in [-0.4, -0.2) is 6.79 Å². The molecular weight excluding hydrogens is 326 g/mol. The van der Waals surface area contributed by atoms with Gasteiger partial charge in [-0.05, 0) is 42.3 Å². The highest BCUT2D eigenvalue weighted by molar-refractivity contribution is 5.55. The van der Waals surface area contributed by atoms with Crippen molar-refractivity contribution in [2.45, 2.75) is 20.1 Å². The second-order valence-corrected chi connectivity index (χ2v) is 6.34. The number of hydrogen-bond acceptors (Lipinski definition) is 4. The summed E-state index contributed by atoms with van der Waals surface area (Å²) in [6.07, 6.45) is 0. The van der Waals surface area contributed by atoms with Crippen LogP contribution in [0.25, 0.3) is 0 Å². The third kappa shape index (κ3) is 3.91. The Morgan fingerprint density at radius 2 is 1.73 bits per heavy atom. The molecule has 0 saturated carbocycles. The van der Waals surface area contributed by atoms with Gasteiger partial charge in [-0.25, -0.2) is 0 Å². The minimum Gasteiger partial charge on any atom is -0.489 e. The predicted molar refractivity (Wildman–Crippen MR) is 102 cm³/mol. The van der Waals surface area contributed by atoms with Gasteiger partial charge in [0, 0.05) is 18.3 Å². The van der Waals surface area contributed by atoms with Crippen LogP contribution in [0.4, 0.5) is 5.69 Å². The Balaban J connectivity index is 1.31. The van der Waals surface area contributed by atoms with Crippen molar-refractivity contribution in [3.05, 3.63) is 83.4 Å². The molecule has 3 aromatic rings. The summed E-state index contributed by atoms with van der Waals surface area (Å²) in [5, 5.41) is 3.40. The van der Waals surface area contributed by atoms with Gasteiger partial charge in [-0.1, -0.05) is 42.0 Å². The van der Waals surface area contributed by atoms with Crippen LogP contribution in [0.5, 0.6) is 17.2 Å². The van der Waals surface area contributed by atoms with Crippen molar-refractivity contribution in [1.29, 1.82) is 0 Å². The van der Waals surface area contributed by atoms with Crippen molar-refractivity contribution < 1.29 is 14.2 Å². The van der Waals surface area contributed by atoms with Crippen molar-refractivity contribution in [3.63, 3.8) is 0 Å². The van der Waals surface area contributed by atoms with Gasteiger partial charge in [0.05, 0.1) is 0 Å². The molecule has 0 radical (unpaired) electrons. The first kappa shape index (κ1) is 16.3. The Bertz CT molecular complexity index is 890. The minimum absolute atomic E-state index is 0.294. The minimum atomic E-state index is 0.294. The highest BCUT2D eigenvalue weighted by atomic mass is 16.7. The summed E-state index contributed by atoms with van der Waals surface area (Å²) in [7, 11) is 0. The van der Waals surface area contributed by atoms with Crippen LogP contribution in [0, 0.1) is 6.92 Å². The maximum absolute atomic E-state index is 5.86. The van der Waals surface area contributed by atoms with Gasteiger partial charge in [0.2, 0.25) is 6.79 Å². The lowest BCUT2D eigenvalue weighted by Gasteiger charge is -2.10. The van der Waals surface area contributed by atoms with Crippen molar-refractivity contribution in [2.24, 2.45) is 0 Å². The summed E-state index contributed by atoms with van der Waals surface area (Å²) < 4.78 is 16.6. The average molecular weight is 347 g/mol. The van der Waals surface area contributed by atoms with Crippen LogP contribution in [0.15, 0.2) is 66.7 Å². The van der Waals surface area contributed by atoms with E-state index in [-0.39, 0.29) is 0 Å². The normalized spacial score (nSPS) is 12.0. The zero-order chi connectivity index (χ0) is 17.8. The molecule has 4 nitrogen and oxygen atoms in total. The van der Waals surface area contributed by atoms with Gasteiger partial charge in [0.15, 0.2) is 11.5 Å². The number of nitrogens with one attached hydrogen (secondary N) is 1. The number of benzene rings is 3. The molecule has 132 valence electrons. The zero-order valence-corrected chi connectivity index (χ0v) is 14.7. The molecule has 1 aliphatic rings. The monoisotopic (exact) mass is 347 g/mol. The molecule has 1 aliphatic heterocycles. The van der Waals surface area contributed by atoms with Crippen LogP contribution in [0.1, 0.15) is 16.7 Å². The van der Waals surface area contributed by atoms with E-state index >= 15 is 0 Å². The number of rotatable bonds is 6. The quantitative estimate of drug-likeness (QED) is 0.687. The number of anilines is 1. The fraction of sp³-hybridized carbons (Fsp3) is 0.182. The highest BCUT2D eigenvalue weighted by Gasteiger charge is 2.12. The Labute approximate surface area is 153 Å². The van der Waals surface area contributed by atoms with Crippen LogP contribution in [0.2, 0.25) is 0 Å². The number of ether oxygens (including phenoxy) is 3. The Hall–Kier alpha value is -3.14. The van der Waals surface area contributed by atoms with E-state index < -0.39 is 0 Å². The summed E-state index contributed by atoms with van der Waals surface area (Å²) in [6.45, 7) is 3.70. The van der Waals surface area contributed by atoms with Crippen LogP contribution in [-0.2, 0) is 13.2 Å². The highest BCUT2D eigenvalue weighted by Crippen LogP contribution is 2.34. The standard InChI is InChI=1S/C22H21NO3/c1-16-3-2-4-18(11-16)14-24-20-8-5-17(6-9-20)13-23-19-7-10-21-22(12-19)26-15-25-21/h2-12,23H,13-15H2,1H3. The third-order valence-electron chi connectivity index (χ3n) is 4.28.